The van der Waals surface area contributed by atoms with E-state index >= 15 is 0 Å². The van der Waals surface area contributed by atoms with Gasteiger partial charge in [0.1, 0.15) is 11.6 Å². The van der Waals surface area contributed by atoms with Crippen molar-refractivity contribution in [2.24, 2.45) is 0 Å². The van der Waals surface area contributed by atoms with Crippen LogP contribution in [0.25, 0.3) is 0 Å². The third-order valence-electron chi connectivity index (χ3n) is 5.00. The number of amides is 1. The van der Waals surface area contributed by atoms with Gasteiger partial charge in [0.25, 0.3) is 5.56 Å². The van der Waals surface area contributed by atoms with Gasteiger partial charge in [0.2, 0.25) is 5.91 Å². The molecular weight excluding hydrogens is 402 g/mol. The van der Waals surface area contributed by atoms with E-state index in [9.17, 15) is 14.4 Å². The van der Waals surface area contributed by atoms with Crippen molar-refractivity contribution in [3.63, 3.8) is 0 Å². The number of H-pyrrole nitrogens is 1. The summed E-state index contributed by atoms with van der Waals surface area (Å²) in [6.07, 6.45) is -0.0376. The molecule has 10 nitrogen and oxygen atoms in total. The lowest BCUT2D eigenvalue weighted by molar-refractivity contribution is -0.118. The van der Waals surface area contributed by atoms with Crippen molar-refractivity contribution in [3.05, 3.63) is 73.8 Å². The molecule has 1 amide bonds. The minimum atomic E-state index is -0.737. The lowest BCUT2D eigenvalue weighted by Crippen LogP contribution is -2.41. The largest absolute Gasteiger partial charge is 0.383 e. The smallest absolute Gasteiger partial charge is 0.330 e. The number of nitrogens with zero attached hydrogens (tertiary/aromatic N) is 3. The number of carbonyl (C=O) groups is 1. The third-order valence-corrected chi connectivity index (χ3v) is 5.00. The molecule has 0 aliphatic heterocycles. The Kier molecular flexibility index (Phi) is 6.71. The van der Waals surface area contributed by atoms with Crippen molar-refractivity contribution in [2.75, 3.05) is 24.4 Å². The van der Waals surface area contributed by atoms with E-state index in [4.69, 9.17) is 15.0 Å². The van der Waals surface area contributed by atoms with Gasteiger partial charge >= 0.3 is 5.69 Å². The Bertz CT molecular complexity index is 1160. The SMILES string of the molecule is COCCn1c(N)c(N(Cc2ccccc2)C(=O)Cc2c(C)noc2C)c(=O)[nH]c1=O. The molecule has 31 heavy (non-hydrogen) atoms. The molecule has 0 atom stereocenters. The molecule has 0 aliphatic rings. The molecule has 0 unspecified atom stereocenters. The molecule has 3 N–H and O–H groups in total. The van der Waals surface area contributed by atoms with Gasteiger partial charge < -0.3 is 15.0 Å². The van der Waals surface area contributed by atoms with Gasteiger partial charge in [0.15, 0.2) is 5.69 Å². The first kappa shape index (κ1) is 22.0. The molecule has 0 saturated heterocycles. The van der Waals surface area contributed by atoms with Crippen molar-refractivity contribution >= 4 is 17.4 Å². The number of ether oxygens (including phenoxy) is 1. The average molecular weight is 427 g/mol. The summed E-state index contributed by atoms with van der Waals surface area (Å²) in [6, 6.07) is 9.19. The Morgan fingerprint density at radius 2 is 1.97 bits per heavy atom. The second kappa shape index (κ2) is 9.43. The molecule has 0 fully saturated rings. The van der Waals surface area contributed by atoms with E-state index in [1.54, 1.807) is 13.8 Å². The standard InChI is InChI=1S/C21H25N5O5/c1-13-16(14(2)31-24-13)11-17(27)26(12-15-7-5-4-6-8-15)18-19(22)25(9-10-30-3)21(29)23-20(18)28/h4-8H,9-12,22H2,1-3H3,(H,23,28,29). The number of hydrogen-bond acceptors (Lipinski definition) is 7. The van der Waals surface area contributed by atoms with E-state index < -0.39 is 11.2 Å². The summed E-state index contributed by atoms with van der Waals surface area (Å²) >= 11 is 0. The van der Waals surface area contributed by atoms with Gasteiger partial charge in [-0.1, -0.05) is 35.5 Å². The first-order valence-electron chi connectivity index (χ1n) is 9.71. The first-order valence-corrected chi connectivity index (χ1v) is 9.71. The summed E-state index contributed by atoms with van der Waals surface area (Å²) in [7, 11) is 1.49. The number of methoxy groups -OCH3 is 1. The topological polar surface area (TPSA) is 136 Å². The molecule has 164 valence electrons. The zero-order valence-corrected chi connectivity index (χ0v) is 17.7. The summed E-state index contributed by atoms with van der Waals surface area (Å²) in [5.41, 5.74) is 6.76. The summed E-state index contributed by atoms with van der Waals surface area (Å²) < 4.78 is 11.4. The summed E-state index contributed by atoms with van der Waals surface area (Å²) in [6.45, 7) is 3.89. The van der Waals surface area contributed by atoms with Gasteiger partial charge in [-0.05, 0) is 19.4 Å². The molecule has 2 heterocycles. The van der Waals surface area contributed by atoms with Crippen molar-refractivity contribution in [2.45, 2.75) is 33.4 Å². The second-order valence-electron chi connectivity index (χ2n) is 7.08. The molecule has 0 saturated carbocycles. The van der Waals surface area contributed by atoms with E-state index in [1.165, 1.54) is 16.6 Å². The molecule has 2 aromatic heterocycles. The van der Waals surface area contributed by atoms with Crippen LogP contribution in [0.5, 0.6) is 0 Å². The number of benzene rings is 1. The van der Waals surface area contributed by atoms with Gasteiger partial charge in [-0.15, -0.1) is 0 Å². The highest BCUT2D eigenvalue weighted by molar-refractivity contribution is 5.96. The summed E-state index contributed by atoms with van der Waals surface area (Å²) in [5.74, 6) is 0.0405. The maximum atomic E-state index is 13.4. The van der Waals surface area contributed by atoms with Crippen LogP contribution in [0.3, 0.4) is 0 Å². The number of hydrogen-bond donors (Lipinski definition) is 2. The fourth-order valence-corrected chi connectivity index (χ4v) is 3.30. The molecule has 0 spiro atoms. The Balaban J connectivity index is 2.09. The minimum Gasteiger partial charge on any atom is -0.383 e. The number of rotatable bonds is 8. The molecular formula is C21H25N5O5. The summed E-state index contributed by atoms with van der Waals surface area (Å²) in [4.78, 5) is 41.9. The second-order valence-corrected chi connectivity index (χ2v) is 7.08. The number of carbonyl (C=O) groups excluding carboxylic acids is 1. The van der Waals surface area contributed by atoms with Crippen LogP contribution in [-0.2, 0) is 29.0 Å². The first-order chi connectivity index (χ1) is 14.8. The van der Waals surface area contributed by atoms with E-state index in [1.807, 2.05) is 30.3 Å². The number of anilines is 2. The molecule has 3 aromatic rings. The van der Waals surface area contributed by atoms with Gasteiger partial charge in [-0.25, -0.2) is 4.79 Å². The van der Waals surface area contributed by atoms with Gasteiger partial charge in [-0.3, -0.25) is 24.0 Å². The molecule has 0 bridgehead atoms. The lowest BCUT2D eigenvalue weighted by Gasteiger charge is -2.25. The van der Waals surface area contributed by atoms with Gasteiger partial charge in [0, 0.05) is 12.7 Å². The highest BCUT2D eigenvalue weighted by Gasteiger charge is 2.26. The maximum absolute atomic E-state index is 13.4. The number of nitrogens with one attached hydrogen (secondary N) is 1. The predicted molar refractivity (Wildman–Crippen MR) is 115 cm³/mol. The van der Waals surface area contributed by atoms with E-state index in [2.05, 4.69) is 10.1 Å². The van der Waals surface area contributed by atoms with E-state index in [0.717, 1.165) is 5.56 Å². The van der Waals surface area contributed by atoms with Crippen LogP contribution < -0.4 is 21.9 Å². The normalized spacial score (nSPS) is 10.9. The monoisotopic (exact) mass is 427 g/mol. The van der Waals surface area contributed by atoms with Gasteiger partial charge in [-0.2, -0.15) is 0 Å². The van der Waals surface area contributed by atoms with Crippen LogP contribution in [0.1, 0.15) is 22.6 Å². The van der Waals surface area contributed by atoms with Gasteiger partial charge in [0.05, 0.1) is 31.8 Å². The Labute approximate surface area is 178 Å². The van der Waals surface area contributed by atoms with Crippen molar-refractivity contribution in [1.29, 1.82) is 0 Å². The highest BCUT2D eigenvalue weighted by Crippen LogP contribution is 2.22. The molecule has 10 heteroatoms. The zero-order valence-electron chi connectivity index (χ0n) is 17.7. The fourth-order valence-electron chi connectivity index (χ4n) is 3.30. The number of aromatic nitrogens is 3. The Morgan fingerprint density at radius 1 is 1.26 bits per heavy atom. The van der Waals surface area contributed by atoms with Crippen LogP contribution in [0.15, 0.2) is 44.4 Å². The summed E-state index contributed by atoms with van der Waals surface area (Å²) in [5, 5.41) is 3.88. The van der Waals surface area contributed by atoms with Crippen molar-refractivity contribution < 1.29 is 14.1 Å². The highest BCUT2D eigenvalue weighted by atomic mass is 16.5. The number of aromatic amines is 1. The molecule has 0 aliphatic carbocycles. The zero-order chi connectivity index (χ0) is 22.5. The van der Waals surface area contributed by atoms with Crippen molar-refractivity contribution in [1.82, 2.24) is 14.7 Å². The lowest BCUT2D eigenvalue weighted by atomic mass is 10.1. The number of aryl methyl sites for hydroxylation is 2. The molecule has 3 rings (SSSR count). The Morgan fingerprint density at radius 3 is 2.58 bits per heavy atom. The van der Waals surface area contributed by atoms with Crippen LogP contribution in [0, 0.1) is 13.8 Å². The van der Waals surface area contributed by atoms with Crippen LogP contribution in [0.4, 0.5) is 11.5 Å². The number of nitrogens with two attached hydrogens (primary N) is 1. The van der Waals surface area contributed by atoms with Crippen LogP contribution >= 0.6 is 0 Å². The van der Waals surface area contributed by atoms with Crippen LogP contribution in [-0.4, -0.2) is 34.3 Å². The van der Waals surface area contributed by atoms with E-state index in [-0.39, 0.29) is 43.5 Å². The maximum Gasteiger partial charge on any atom is 0.330 e. The van der Waals surface area contributed by atoms with Crippen molar-refractivity contribution in [3.8, 4) is 0 Å². The number of nitrogen functional groups attached to an aromatic ring is 1. The molecule has 0 radical (unpaired) electrons. The molecule has 1 aromatic carbocycles. The quantitative estimate of drug-likeness (QED) is 0.550. The minimum absolute atomic E-state index is 0.0376. The predicted octanol–water partition coefficient (Wildman–Crippen LogP) is 1.15. The third kappa shape index (κ3) is 4.75. The fraction of sp³-hybridized carbons (Fsp3) is 0.333. The van der Waals surface area contributed by atoms with Crippen LogP contribution in [0.2, 0.25) is 0 Å². The average Bonchev–Trinajstić information content (AvgIpc) is 3.05. The van der Waals surface area contributed by atoms with E-state index in [0.29, 0.717) is 17.0 Å². The Hall–Kier alpha value is -3.66.